The smallest absolute Gasteiger partial charge is 0.342 e. The molecule has 2 heterocycles. The molecular formula is C22H29N3O4S. The molecule has 162 valence electrons. The Kier molecular flexibility index (Phi) is 6.77. The van der Waals surface area contributed by atoms with E-state index in [2.05, 4.69) is 14.8 Å². The summed E-state index contributed by atoms with van der Waals surface area (Å²) in [4.78, 5) is 21.9. The topological polar surface area (TPSA) is 79.8 Å². The number of rotatable bonds is 6. The highest BCUT2D eigenvalue weighted by atomic mass is 32.2. The first kappa shape index (κ1) is 22.2. The molecule has 1 aliphatic heterocycles. The van der Waals surface area contributed by atoms with E-state index in [0.717, 1.165) is 43.9 Å². The predicted octanol–water partition coefficient (Wildman–Crippen LogP) is 2.68. The zero-order valence-electron chi connectivity index (χ0n) is 18.0. The highest BCUT2D eigenvalue weighted by Gasteiger charge is 2.25. The summed E-state index contributed by atoms with van der Waals surface area (Å²) in [5.41, 5.74) is 2.47. The van der Waals surface area contributed by atoms with Crippen LogP contribution < -0.4 is 4.90 Å². The molecule has 0 unspecified atom stereocenters. The van der Waals surface area contributed by atoms with E-state index < -0.39 is 9.84 Å². The molecule has 0 N–H and O–H groups in total. The number of pyridine rings is 1. The predicted molar refractivity (Wildman–Crippen MR) is 117 cm³/mol. The van der Waals surface area contributed by atoms with Crippen LogP contribution in [-0.2, 0) is 21.1 Å². The average Bonchev–Trinajstić information content (AvgIpc) is 2.67. The van der Waals surface area contributed by atoms with Crippen molar-refractivity contribution in [2.45, 2.75) is 38.3 Å². The molecular weight excluding hydrogens is 402 g/mol. The van der Waals surface area contributed by atoms with Crippen LogP contribution in [0.4, 0.5) is 5.82 Å². The first-order valence-corrected chi connectivity index (χ1v) is 12.0. The van der Waals surface area contributed by atoms with E-state index in [9.17, 15) is 13.2 Å². The first-order chi connectivity index (χ1) is 14.1. The number of benzene rings is 1. The summed E-state index contributed by atoms with van der Waals surface area (Å²) in [6.07, 6.45) is 2.76. The van der Waals surface area contributed by atoms with Crippen LogP contribution in [0, 0.1) is 6.92 Å². The van der Waals surface area contributed by atoms with Gasteiger partial charge in [-0.2, -0.15) is 0 Å². The number of nitrogens with zero attached hydrogens (tertiary/aromatic N) is 3. The molecule has 0 atom stereocenters. The van der Waals surface area contributed by atoms with E-state index in [1.165, 1.54) is 6.26 Å². The number of piperazine rings is 1. The van der Waals surface area contributed by atoms with Crippen molar-refractivity contribution in [3.63, 3.8) is 0 Å². The van der Waals surface area contributed by atoms with E-state index in [4.69, 9.17) is 4.74 Å². The maximum absolute atomic E-state index is 12.6. The van der Waals surface area contributed by atoms with Gasteiger partial charge in [0, 0.05) is 45.2 Å². The van der Waals surface area contributed by atoms with Crippen molar-refractivity contribution in [3.05, 3.63) is 53.2 Å². The summed E-state index contributed by atoms with van der Waals surface area (Å²) in [5.74, 6) is 0.344. The number of aryl methyl sites for hydroxylation is 1. The number of sulfone groups is 1. The van der Waals surface area contributed by atoms with E-state index in [0.29, 0.717) is 16.3 Å². The number of anilines is 1. The van der Waals surface area contributed by atoms with Gasteiger partial charge < -0.3 is 9.64 Å². The van der Waals surface area contributed by atoms with E-state index in [1.807, 2.05) is 39.0 Å². The Morgan fingerprint density at radius 2 is 1.73 bits per heavy atom. The van der Waals surface area contributed by atoms with Crippen LogP contribution in [0.2, 0.25) is 0 Å². The molecule has 0 radical (unpaired) electrons. The molecule has 1 aromatic carbocycles. The molecule has 30 heavy (non-hydrogen) atoms. The summed E-state index contributed by atoms with van der Waals surface area (Å²) in [6, 6.07) is 8.88. The summed E-state index contributed by atoms with van der Waals surface area (Å²) < 4.78 is 28.6. The highest BCUT2D eigenvalue weighted by molar-refractivity contribution is 7.90. The minimum atomic E-state index is -3.18. The number of hydrogen-bond donors (Lipinski definition) is 0. The van der Waals surface area contributed by atoms with Gasteiger partial charge in [0.2, 0.25) is 0 Å². The zero-order valence-corrected chi connectivity index (χ0v) is 18.8. The van der Waals surface area contributed by atoms with Crippen LogP contribution in [0.5, 0.6) is 0 Å². The van der Waals surface area contributed by atoms with Crippen LogP contribution in [0.15, 0.2) is 41.4 Å². The average molecular weight is 432 g/mol. The van der Waals surface area contributed by atoms with Crippen LogP contribution in [0.25, 0.3) is 0 Å². The van der Waals surface area contributed by atoms with Gasteiger partial charge in [0.15, 0.2) is 9.84 Å². The lowest BCUT2D eigenvalue weighted by atomic mass is 10.1. The second-order valence-electron chi connectivity index (χ2n) is 7.96. The minimum absolute atomic E-state index is 0.184. The molecule has 0 amide bonds. The quantitative estimate of drug-likeness (QED) is 0.651. The van der Waals surface area contributed by atoms with Gasteiger partial charge in [0.25, 0.3) is 0 Å². The molecule has 0 bridgehead atoms. The molecule has 3 rings (SSSR count). The van der Waals surface area contributed by atoms with Crippen molar-refractivity contribution < 1.29 is 17.9 Å². The summed E-state index contributed by atoms with van der Waals surface area (Å²) in [6.45, 7) is 9.47. The number of carbonyl (C=O) groups excluding carboxylic acids is 1. The lowest BCUT2D eigenvalue weighted by molar-refractivity contribution is 0.0377. The second kappa shape index (κ2) is 9.14. The molecule has 0 aliphatic carbocycles. The summed E-state index contributed by atoms with van der Waals surface area (Å²) in [7, 11) is -3.18. The summed E-state index contributed by atoms with van der Waals surface area (Å²) in [5, 5.41) is 0. The van der Waals surface area contributed by atoms with Crippen molar-refractivity contribution in [2.24, 2.45) is 0 Å². The fraction of sp³-hybridized carbons (Fsp3) is 0.455. The van der Waals surface area contributed by atoms with Crippen molar-refractivity contribution in [1.82, 2.24) is 9.88 Å². The van der Waals surface area contributed by atoms with Crippen molar-refractivity contribution in [2.75, 3.05) is 37.3 Å². The van der Waals surface area contributed by atoms with Crippen LogP contribution in [0.1, 0.15) is 35.3 Å². The molecule has 0 spiro atoms. The van der Waals surface area contributed by atoms with Gasteiger partial charge in [-0.05, 0) is 50.1 Å². The summed E-state index contributed by atoms with van der Waals surface area (Å²) >= 11 is 0. The fourth-order valence-corrected chi connectivity index (χ4v) is 4.16. The van der Waals surface area contributed by atoms with Crippen molar-refractivity contribution >= 4 is 21.6 Å². The molecule has 8 heteroatoms. The maximum Gasteiger partial charge on any atom is 0.342 e. The number of aromatic nitrogens is 1. The highest BCUT2D eigenvalue weighted by Crippen LogP contribution is 2.24. The Labute approximate surface area is 178 Å². The van der Waals surface area contributed by atoms with E-state index in [1.54, 1.807) is 18.3 Å². The van der Waals surface area contributed by atoms with Crippen LogP contribution in [0.3, 0.4) is 0 Å². The third kappa shape index (κ3) is 5.37. The van der Waals surface area contributed by atoms with Crippen LogP contribution >= 0.6 is 0 Å². The van der Waals surface area contributed by atoms with Gasteiger partial charge in [-0.3, -0.25) is 4.90 Å². The van der Waals surface area contributed by atoms with E-state index >= 15 is 0 Å². The Balaban J connectivity index is 1.66. The Bertz CT molecular complexity index is 996. The van der Waals surface area contributed by atoms with Crippen LogP contribution in [-0.4, -0.2) is 62.8 Å². The number of esters is 1. The minimum Gasteiger partial charge on any atom is -0.459 e. The molecule has 1 fully saturated rings. The van der Waals surface area contributed by atoms with Crippen molar-refractivity contribution in [3.8, 4) is 0 Å². The molecule has 7 nitrogen and oxygen atoms in total. The third-order valence-corrected chi connectivity index (χ3v) is 6.24. The number of carbonyl (C=O) groups is 1. The largest absolute Gasteiger partial charge is 0.459 e. The molecule has 0 saturated carbocycles. The second-order valence-corrected chi connectivity index (χ2v) is 9.98. The van der Waals surface area contributed by atoms with Crippen molar-refractivity contribution in [1.29, 1.82) is 0 Å². The van der Waals surface area contributed by atoms with Gasteiger partial charge in [-0.1, -0.05) is 12.1 Å². The third-order valence-electron chi connectivity index (χ3n) is 5.12. The monoisotopic (exact) mass is 431 g/mol. The molecule has 1 aromatic heterocycles. The van der Waals surface area contributed by atoms with Gasteiger partial charge >= 0.3 is 5.97 Å². The van der Waals surface area contributed by atoms with Gasteiger partial charge in [-0.15, -0.1) is 0 Å². The lowest BCUT2D eigenvalue weighted by Crippen LogP contribution is -2.46. The van der Waals surface area contributed by atoms with Gasteiger partial charge in [-0.25, -0.2) is 18.2 Å². The zero-order chi connectivity index (χ0) is 21.9. The Hall–Kier alpha value is -2.45. The normalized spacial score (nSPS) is 15.4. The number of ether oxygens (including phenoxy) is 1. The standard InChI is InChI=1S/C22H29N3O4S/c1-16(2)29-22(26)20-17(3)9-10-23-21(20)25-13-11-24(12-14-25)15-18-5-7-19(8-6-18)30(4,27)28/h5-10,16H,11-15H2,1-4H3. The molecule has 2 aromatic rings. The number of hydrogen-bond acceptors (Lipinski definition) is 7. The lowest BCUT2D eigenvalue weighted by Gasteiger charge is -2.36. The molecule has 1 saturated heterocycles. The maximum atomic E-state index is 12.6. The SMILES string of the molecule is Cc1ccnc(N2CCN(Cc3ccc(S(C)(=O)=O)cc3)CC2)c1C(=O)OC(C)C. The Morgan fingerprint density at radius 3 is 2.30 bits per heavy atom. The van der Waals surface area contributed by atoms with Gasteiger partial charge in [0.05, 0.1) is 11.0 Å². The van der Waals surface area contributed by atoms with Gasteiger partial charge in [0.1, 0.15) is 11.4 Å². The molecule has 1 aliphatic rings. The fourth-order valence-electron chi connectivity index (χ4n) is 3.53. The first-order valence-electron chi connectivity index (χ1n) is 10.1. The Morgan fingerprint density at radius 1 is 1.10 bits per heavy atom. The van der Waals surface area contributed by atoms with E-state index in [-0.39, 0.29) is 12.1 Å².